The summed E-state index contributed by atoms with van der Waals surface area (Å²) in [7, 11) is 0. The van der Waals surface area contributed by atoms with Crippen LogP contribution in [0.3, 0.4) is 0 Å². The Morgan fingerprint density at radius 1 is 1.21 bits per heavy atom. The maximum atomic E-state index is 12.2. The first-order valence-electron chi connectivity index (χ1n) is 10.3. The van der Waals surface area contributed by atoms with Gasteiger partial charge in [-0.1, -0.05) is 6.07 Å². The molecule has 2 heterocycles. The summed E-state index contributed by atoms with van der Waals surface area (Å²) in [5.41, 5.74) is 0.275. The predicted octanol–water partition coefficient (Wildman–Crippen LogP) is 2.28. The topological polar surface area (TPSA) is 99.0 Å². The highest BCUT2D eigenvalue weighted by Gasteiger charge is 2.50. The molecule has 6 rings (SSSR count). The number of nitrogens with zero attached hydrogens (tertiary/aromatic N) is 4. The van der Waals surface area contributed by atoms with Crippen molar-refractivity contribution in [2.24, 2.45) is 23.2 Å². The molecule has 9 heteroatoms. The van der Waals surface area contributed by atoms with Gasteiger partial charge in [0.15, 0.2) is 13.2 Å². The maximum Gasteiger partial charge on any atom is 0.330 e. The summed E-state index contributed by atoms with van der Waals surface area (Å²) in [5.74, 6) is 2.24. The fraction of sp³-hybridized carbons (Fsp3) is 0.650. The lowest BCUT2D eigenvalue weighted by molar-refractivity contribution is -0.149. The molecule has 4 bridgehead atoms. The normalized spacial score (nSPS) is 29.7. The van der Waals surface area contributed by atoms with Gasteiger partial charge in [-0.2, -0.15) is 4.80 Å². The number of ether oxygens (including phenoxy) is 1. The molecular weight excluding hydrogens is 390 g/mol. The molecule has 1 amide bonds. The first-order chi connectivity index (χ1) is 14.1. The fourth-order valence-electron chi connectivity index (χ4n) is 5.97. The molecule has 4 saturated carbocycles. The molecule has 0 atom stereocenters. The summed E-state index contributed by atoms with van der Waals surface area (Å²) in [6, 6.07) is 3.79. The molecule has 4 aliphatic rings. The lowest BCUT2D eigenvalue weighted by atomic mass is 9.49. The molecule has 2 aromatic rings. The molecule has 4 aliphatic carbocycles. The van der Waals surface area contributed by atoms with Gasteiger partial charge in [0.05, 0.1) is 4.88 Å². The molecular formula is C20H25N5O3S. The lowest BCUT2D eigenvalue weighted by Crippen LogP contribution is -2.51. The zero-order valence-corrected chi connectivity index (χ0v) is 17.1. The third-order valence-corrected chi connectivity index (χ3v) is 7.52. The SMILES string of the molecule is O=C(COC(=O)Cn1nnc(-c2cccs2)n1)NCC12CC3CC(CC(C3)C1)C2. The summed E-state index contributed by atoms with van der Waals surface area (Å²) in [6.07, 6.45) is 7.87. The molecule has 1 N–H and O–H groups in total. The zero-order valence-electron chi connectivity index (χ0n) is 16.2. The van der Waals surface area contributed by atoms with E-state index in [4.69, 9.17) is 4.74 Å². The van der Waals surface area contributed by atoms with Crippen molar-refractivity contribution >= 4 is 23.2 Å². The van der Waals surface area contributed by atoms with Crippen LogP contribution in [0.5, 0.6) is 0 Å². The zero-order chi connectivity index (χ0) is 19.8. The smallest absolute Gasteiger partial charge is 0.330 e. The van der Waals surface area contributed by atoms with E-state index in [0.29, 0.717) is 12.4 Å². The summed E-state index contributed by atoms with van der Waals surface area (Å²) in [5, 5.41) is 16.9. The maximum absolute atomic E-state index is 12.2. The Kier molecular flexibility index (Phi) is 4.85. The minimum absolute atomic E-state index is 0.166. The molecule has 29 heavy (non-hydrogen) atoms. The number of hydrogen-bond acceptors (Lipinski definition) is 7. The van der Waals surface area contributed by atoms with Crippen LogP contribution in [-0.2, 0) is 20.9 Å². The third-order valence-electron chi connectivity index (χ3n) is 6.65. The lowest BCUT2D eigenvalue weighted by Gasteiger charge is -2.56. The van der Waals surface area contributed by atoms with Gasteiger partial charge < -0.3 is 10.1 Å². The third kappa shape index (κ3) is 4.05. The Morgan fingerprint density at radius 2 is 1.93 bits per heavy atom. The van der Waals surface area contributed by atoms with Gasteiger partial charge in [-0.25, -0.2) is 4.79 Å². The monoisotopic (exact) mass is 415 g/mol. The van der Waals surface area contributed by atoms with E-state index < -0.39 is 5.97 Å². The van der Waals surface area contributed by atoms with E-state index in [0.717, 1.165) is 22.6 Å². The number of thiophene rings is 1. The van der Waals surface area contributed by atoms with Gasteiger partial charge in [0, 0.05) is 6.54 Å². The van der Waals surface area contributed by atoms with Gasteiger partial charge in [0.2, 0.25) is 5.82 Å². The van der Waals surface area contributed by atoms with Crippen LogP contribution in [0.4, 0.5) is 0 Å². The molecule has 154 valence electrons. The second-order valence-electron chi connectivity index (χ2n) is 8.98. The number of amides is 1. The summed E-state index contributed by atoms with van der Waals surface area (Å²) >= 11 is 1.50. The molecule has 0 spiro atoms. The average Bonchev–Trinajstić information content (AvgIpc) is 3.35. The van der Waals surface area contributed by atoms with E-state index in [1.165, 1.54) is 54.7 Å². The first kappa shape index (κ1) is 18.7. The number of hydrogen-bond donors (Lipinski definition) is 1. The van der Waals surface area contributed by atoms with Crippen molar-refractivity contribution in [1.29, 1.82) is 0 Å². The Hall–Kier alpha value is -2.29. The molecule has 0 radical (unpaired) electrons. The fourth-order valence-corrected chi connectivity index (χ4v) is 6.61. The number of tetrazole rings is 1. The van der Waals surface area contributed by atoms with Crippen LogP contribution in [0, 0.1) is 23.2 Å². The minimum atomic E-state index is -0.551. The van der Waals surface area contributed by atoms with Gasteiger partial charge in [-0.05, 0) is 78.4 Å². The number of nitrogens with one attached hydrogen (secondary N) is 1. The van der Waals surface area contributed by atoms with Crippen molar-refractivity contribution in [3.63, 3.8) is 0 Å². The molecule has 2 aromatic heterocycles. The van der Waals surface area contributed by atoms with Crippen molar-refractivity contribution < 1.29 is 14.3 Å². The van der Waals surface area contributed by atoms with Gasteiger partial charge in [0.25, 0.3) is 5.91 Å². The van der Waals surface area contributed by atoms with Crippen molar-refractivity contribution in [2.45, 2.75) is 45.1 Å². The average molecular weight is 416 g/mol. The summed E-state index contributed by atoms with van der Waals surface area (Å²) in [6.45, 7) is 0.278. The van der Waals surface area contributed by atoms with Gasteiger partial charge in [-0.15, -0.1) is 21.5 Å². The van der Waals surface area contributed by atoms with Crippen molar-refractivity contribution in [3.8, 4) is 10.7 Å². The standard InChI is InChI=1S/C20H25N5O3S/c26-17(21-12-20-7-13-4-14(8-20)6-15(5-13)9-20)11-28-18(27)10-25-23-19(22-24-25)16-2-1-3-29-16/h1-3,13-15H,4-12H2,(H,21,26). The minimum Gasteiger partial charge on any atom is -0.454 e. The van der Waals surface area contributed by atoms with Crippen LogP contribution in [-0.4, -0.2) is 45.2 Å². The number of esters is 1. The predicted molar refractivity (Wildman–Crippen MR) is 106 cm³/mol. The Balaban J connectivity index is 1.07. The highest BCUT2D eigenvalue weighted by molar-refractivity contribution is 7.13. The second-order valence-corrected chi connectivity index (χ2v) is 9.92. The quantitative estimate of drug-likeness (QED) is 0.697. The van der Waals surface area contributed by atoms with Crippen LogP contribution in [0.1, 0.15) is 38.5 Å². The van der Waals surface area contributed by atoms with Crippen LogP contribution in [0.15, 0.2) is 17.5 Å². The van der Waals surface area contributed by atoms with E-state index in [1.807, 2.05) is 17.5 Å². The molecule has 0 aromatic carbocycles. The van der Waals surface area contributed by atoms with E-state index in [9.17, 15) is 9.59 Å². The summed E-state index contributed by atoms with van der Waals surface area (Å²) < 4.78 is 5.10. The Morgan fingerprint density at radius 3 is 2.59 bits per heavy atom. The van der Waals surface area contributed by atoms with E-state index in [2.05, 4.69) is 20.7 Å². The number of carbonyl (C=O) groups excluding carboxylic acids is 2. The van der Waals surface area contributed by atoms with E-state index in [1.54, 1.807) is 0 Å². The molecule has 0 unspecified atom stereocenters. The second kappa shape index (κ2) is 7.51. The van der Waals surface area contributed by atoms with E-state index >= 15 is 0 Å². The molecule has 4 fully saturated rings. The largest absolute Gasteiger partial charge is 0.454 e. The van der Waals surface area contributed by atoms with Crippen LogP contribution in [0.2, 0.25) is 0 Å². The van der Waals surface area contributed by atoms with Crippen LogP contribution >= 0.6 is 11.3 Å². The molecule has 8 nitrogen and oxygen atoms in total. The van der Waals surface area contributed by atoms with Gasteiger partial charge >= 0.3 is 5.97 Å². The molecule has 0 saturated heterocycles. The van der Waals surface area contributed by atoms with Crippen LogP contribution in [0.25, 0.3) is 10.7 Å². The molecule has 0 aliphatic heterocycles. The first-order valence-corrected chi connectivity index (χ1v) is 11.2. The van der Waals surface area contributed by atoms with E-state index in [-0.39, 0.29) is 24.5 Å². The van der Waals surface area contributed by atoms with Gasteiger partial charge in [-0.3, -0.25) is 4.79 Å². The highest BCUT2D eigenvalue weighted by atomic mass is 32.1. The van der Waals surface area contributed by atoms with Crippen LogP contribution < -0.4 is 5.32 Å². The van der Waals surface area contributed by atoms with Crippen molar-refractivity contribution in [2.75, 3.05) is 13.2 Å². The van der Waals surface area contributed by atoms with Crippen molar-refractivity contribution in [3.05, 3.63) is 17.5 Å². The Bertz CT molecular complexity index is 859. The summed E-state index contributed by atoms with van der Waals surface area (Å²) in [4.78, 5) is 26.3. The number of carbonyl (C=O) groups is 2. The van der Waals surface area contributed by atoms with Crippen molar-refractivity contribution in [1.82, 2.24) is 25.5 Å². The number of rotatable bonds is 7. The highest BCUT2D eigenvalue weighted by Crippen LogP contribution is 2.59. The van der Waals surface area contributed by atoms with Gasteiger partial charge in [0.1, 0.15) is 0 Å². The Labute approximate surface area is 173 Å². The number of aromatic nitrogens is 4.